The molecule has 0 saturated carbocycles. The Morgan fingerprint density at radius 1 is 1.08 bits per heavy atom. The van der Waals surface area contributed by atoms with Gasteiger partial charge in [0.1, 0.15) is 6.04 Å². The highest BCUT2D eigenvalue weighted by Gasteiger charge is 2.25. The number of carbonyl (C=O) groups excluding carboxylic acids is 2. The van der Waals surface area contributed by atoms with Crippen LogP contribution in [0.25, 0.3) is 0 Å². The first-order valence-corrected chi connectivity index (χ1v) is 9.17. The van der Waals surface area contributed by atoms with Crippen LogP contribution in [0, 0.1) is 0 Å². The van der Waals surface area contributed by atoms with E-state index in [0.717, 1.165) is 24.0 Å². The summed E-state index contributed by atoms with van der Waals surface area (Å²) < 4.78 is 0. The van der Waals surface area contributed by atoms with Crippen molar-refractivity contribution in [3.05, 3.63) is 66.0 Å². The van der Waals surface area contributed by atoms with Gasteiger partial charge in [0.2, 0.25) is 11.8 Å². The van der Waals surface area contributed by atoms with Gasteiger partial charge >= 0.3 is 0 Å². The maximum Gasteiger partial charge on any atom is 0.249 e. The van der Waals surface area contributed by atoms with E-state index in [1.807, 2.05) is 62.5 Å². The number of amides is 2. The molecule has 1 aromatic carbocycles. The van der Waals surface area contributed by atoms with E-state index in [-0.39, 0.29) is 11.8 Å². The van der Waals surface area contributed by atoms with Crippen LogP contribution >= 0.6 is 0 Å². The third-order valence-corrected chi connectivity index (χ3v) is 4.35. The first-order chi connectivity index (χ1) is 12.7. The molecule has 0 spiro atoms. The van der Waals surface area contributed by atoms with Crippen molar-refractivity contribution in [2.75, 3.05) is 13.1 Å². The van der Waals surface area contributed by atoms with Crippen molar-refractivity contribution < 1.29 is 9.59 Å². The summed E-state index contributed by atoms with van der Waals surface area (Å²) in [5, 5.41) is 2.92. The van der Waals surface area contributed by atoms with Crippen LogP contribution < -0.4 is 5.32 Å². The average molecular weight is 353 g/mol. The molecule has 2 aromatic rings. The van der Waals surface area contributed by atoms with E-state index in [2.05, 4.69) is 10.3 Å². The van der Waals surface area contributed by atoms with E-state index in [1.54, 1.807) is 11.1 Å². The minimum Gasteiger partial charge on any atom is -0.341 e. The number of rotatable bonds is 9. The maximum atomic E-state index is 12.8. The Kier molecular flexibility index (Phi) is 7.80. The smallest absolute Gasteiger partial charge is 0.249 e. The minimum absolute atomic E-state index is 0.0678. The summed E-state index contributed by atoms with van der Waals surface area (Å²) in [6, 6.07) is 12.7. The Hall–Kier alpha value is -2.69. The highest BCUT2D eigenvalue weighted by molar-refractivity contribution is 5.88. The summed E-state index contributed by atoms with van der Waals surface area (Å²) in [6.45, 7) is 5.13. The first kappa shape index (κ1) is 19.6. The van der Waals surface area contributed by atoms with E-state index < -0.39 is 6.04 Å². The van der Waals surface area contributed by atoms with E-state index in [1.165, 1.54) is 0 Å². The fourth-order valence-electron chi connectivity index (χ4n) is 2.88. The molecular weight excluding hydrogens is 326 g/mol. The lowest BCUT2D eigenvalue weighted by Crippen LogP contribution is -2.42. The summed E-state index contributed by atoms with van der Waals surface area (Å²) in [5.41, 5.74) is 1.92. The number of hydrogen-bond donors (Lipinski definition) is 1. The van der Waals surface area contributed by atoms with Crippen molar-refractivity contribution in [2.45, 2.75) is 39.2 Å². The summed E-state index contributed by atoms with van der Waals surface area (Å²) >= 11 is 0. The fourth-order valence-corrected chi connectivity index (χ4v) is 2.88. The third-order valence-electron chi connectivity index (χ3n) is 4.35. The second kappa shape index (κ2) is 10.3. The molecule has 0 bridgehead atoms. The van der Waals surface area contributed by atoms with Crippen molar-refractivity contribution in [3.8, 4) is 0 Å². The number of benzene rings is 1. The number of likely N-dealkylation sites (N-methyl/N-ethyl adjacent to an activating group) is 1. The molecule has 5 heteroatoms. The van der Waals surface area contributed by atoms with E-state index >= 15 is 0 Å². The number of pyridine rings is 1. The number of aryl methyl sites for hydroxylation is 1. The largest absolute Gasteiger partial charge is 0.341 e. The summed E-state index contributed by atoms with van der Waals surface area (Å²) in [4.78, 5) is 31.1. The highest BCUT2D eigenvalue weighted by Crippen LogP contribution is 2.16. The zero-order valence-electron chi connectivity index (χ0n) is 15.5. The number of carbonyl (C=O) groups is 2. The Bertz CT molecular complexity index is 685. The van der Waals surface area contributed by atoms with Crippen molar-refractivity contribution in [3.63, 3.8) is 0 Å². The minimum atomic E-state index is -0.637. The lowest BCUT2D eigenvalue weighted by Gasteiger charge is -2.26. The third kappa shape index (κ3) is 5.69. The second-order valence-electron chi connectivity index (χ2n) is 6.14. The van der Waals surface area contributed by atoms with Crippen molar-refractivity contribution >= 4 is 11.8 Å². The van der Waals surface area contributed by atoms with Gasteiger partial charge in [0.25, 0.3) is 0 Å². The number of nitrogens with zero attached hydrogens (tertiary/aromatic N) is 2. The van der Waals surface area contributed by atoms with Crippen LogP contribution in [0.1, 0.15) is 43.9 Å². The average Bonchev–Trinajstić information content (AvgIpc) is 2.68. The monoisotopic (exact) mass is 353 g/mol. The van der Waals surface area contributed by atoms with Gasteiger partial charge in [-0.2, -0.15) is 0 Å². The van der Waals surface area contributed by atoms with Gasteiger partial charge in [-0.15, -0.1) is 0 Å². The van der Waals surface area contributed by atoms with Crippen molar-refractivity contribution in [1.29, 1.82) is 0 Å². The predicted molar refractivity (Wildman–Crippen MR) is 102 cm³/mol. The molecule has 1 heterocycles. The van der Waals surface area contributed by atoms with Gasteiger partial charge in [-0.25, -0.2) is 0 Å². The van der Waals surface area contributed by atoms with Crippen molar-refractivity contribution in [2.24, 2.45) is 0 Å². The van der Waals surface area contributed by atoms with Crippen LogP contribution in [-0.4, -0.2) is 34.8 Å². The fraction of sp³-hybridized carbons (Fsp3) is 0.381. The van der Waals surface area contributed by atoms with Gasteiger partial charge in [0.15, 0.2) is 0 Å². The molecule has 0 radical (unpaired) electrons. The molecule has 1 N–H and O–H groups in total. The molecule has 0 aliphatic carbocycles. The van der Waals surface area contributed by atoms with Crippen LogP contribution in [0.3, 0.4) is 0 Å². The van der Waals surface area contributed by atoms with E-state index in [0.29, 0.717) is 19.5 Å². The topological polar surface area (TPSA) is 62.3 Å². The number of hydrogen-bond acceptors (Lipinski definition) is 3. The Balaban J connectivity index is 1.99. The zero-order chi connectivity index (χ0) is 18.8. The number of nitrogens with one attached hydrogen (secondary N) is 1. The molecule has 0 aliphatic heterocycles. The highest BCUT2D eigenvalue weighted by atomic mass is 16.2. The molecule has 0 fully saturated rings. The summed E-state index contributed by atoms with van der Waals surface area (Å²) in [6.07, 6.45) is 5.44. The second-order valence-corrected chi connectivity index (χ2v) is 6.14. The maximum absolute atomic E-state index is 12.8. The quantitative estimate of drug-likeness (QED) is 0.753. The molecule has 138 valence electrons. The lowest BCUT2D eigenvalue weighted by molar-refractivity contribution is -0.136. The summed E-state index contributed by atoms with van der Waals surface area (Å²) in [7, 11) is 0. The molecule has 26 heavy (non-hydrogen) atoms. The van der Waals surface area contributed by atoms with Crippen LogP contribution in [0.4, 0.5) is 0 Å². The van der Waals surface area contributed by atoms with Gasteiger partial charge in [0.05, 0.1) is 0 Å². The first-order valence-electron chi connectivity index (χ1n) is 9.17. The Morgan fingerprint density at radius 2 is 1.81 bits per heavy atom. The Labute approximate surface area is 155 Å². The molecule has 1 unspecified atom stereocenters. The van der Waals surface area contributed by atoms with Crippen LogP contribution in [0.15, 0.2) is 54.9 Å². The molecular formula is C21H27N3O2. The lowest BCUT2D eigenvalue weighted by atomic mass is 10.0. The van der Waals surface area contributed by atoms with Crippen molar-refractivity contribution in [1.82, 2.24) is 15.2 Å². The molecule has 0 saturated heterocycles. The zero-order valence-corrected chi connectivity index (χ0v) is 15.5. The molecule has 2 rings (SSSR count). The normalized spacial score (nSPS) is 11.6. The van der Waals surface area contributed by atoms with Crippen LogP contribution in [-0.2, 0) is 16.0 Å². The van der Waals surface area contributed by atoms with Gasteiger partial charge in [-0.1, -0.05) is 36.4 Å². The van der Waals surface area contributed by atoms with E-state index in [9.17, 15) is 9.59 Å². The molecule has 0 aliphatic rings. The predicted octanol–water partition coefficient (Wildman–Crippen LogP) is 3.13. The van der Waals surface area contributed by atoms with Crippen LogP contribution in [0.2, 0.25) is 0 Å². The van der Waals surface area contributed by atoms with E-state index in [4.69, 9.17) is 0 Å². The molecule has 1 atom stereocenters. The van der Waals surface area contributed by atoms with Crippen LogP contribution in [0.5, 0.6) is 0 Å². The standard InChI is InChI=1S/C21H27N3O2/c1-3-24(4-2)21(26)20(18-12-6-5-7-13-18)23-19(25)14-8-10-17-11-9-15-22-16-17/h5-7,9,11-13,15-16,20H,3-4,8,10,14H2,1-2H3,(H,23,25). The van der Waals surface area contributed by atoms with Gasteiger partial charge in [-0.05, 0) is 43.9 Å². The molecule has 5 nitrogen and oxygen atoms in total. The van der Waals surface area contributed by atoms with Gasteiger partial charge in [0, 0.05) is 31.9 Å². The summed E-state index contributed by atoms with van der Waals surface area (Å²) in [5.74, 6) is -0.176. The molecule has 1 aromatic heterocycles. The molecule has 2 amide bonds. The Morgan fingerprint density at radius 3 is 2.42 bits per heavy atom. The SMILES string of the molecule is CCN(CC)C(=O)C(NC(=O)CCCc1cccnc1)c1ccccc1. The van der Waals surface area contributed by atoms with Gasteiger partial charge in [-0.3, -0.25) is 14.6 Å². The number of aromatic nitrogens is 1. The van der Waals surface area contributed by atoms with Gasteiger partial charge < -0.3 is 10.2 Å².